The second kappa shape index (κ2) is 10.3. The van der Waals surface area contributed by atoms with Gasteiger partial charge in [0, 0.05) is 54.2 Å². The van der Waals surface area contributed by atoms with Crippen LogP contribution in [0.25, 0.3) is 105 Å². The van der Waals surface area contributed by atoms with Crippen LogP contribution in [0.3, 0.4) is 0 Å². The number of aromatic amines is 1. The van der Waals surface area contributed by atoms with Crippen LogP contribution in [0.4, 0.5) is 0 Å². The van der Waals surface area contributed by atoms with Gasteiger partial charge in [0.1, 0.15) is 0 Å². The molecule has 1 N–H and O–H groups in total. The molecule has 5 heteroatoms. The van der Waals surface area contributed by atoms with E-state index < -0.39 is 0 Å². The minimum absolute atomic E-state index is 0.587. The second-order valence-corrected chi connectivity index (χ2v) is 12.9. The Morgan fingerprint density at radius 1 is 0.360 bits per heavy atom. The van der Waals surface area contributed by atoms with Gasteiger partial charge in [-0.15, -0.1) is 0 Å². The zero-order chi connectivity index (χ0) is 32.8. The molecule has 0 bridgehead atoms. The Morgan fingerprint density at radius 2 is 0.900 bits per heavy atom. The quantitative estimate of drug-likeness (QED) is 0.210. The predicted molar refractivity (Wildman–Crippen MR) is 207 cm³/mol. The molecule has 3 heterocycles. The average Bonchev–Trinajstić information content (AvgIpc) is 3.76. The summed E-state index contributed by atoms with van der Waals surface area (Å²) < 4.78 is 2.30. The Bertz CT molecular complexity index is 3080. The number of aromatic nitrogens is 5. The van der Waals surface area contributed by atoms with Gasteiger partial charge in [-0.05, 0) is 10.8 Å². The van der Waals surface area contributed by atoms with E-state index in [-0.39, 0.29) is 0 Å². The van der Waals surface area contributed by atoms with Gasteiger partial charge < -0.3 is 4.98 Å². The monoisotopic (exact) mass is 637 g/mol. The van der Waals surface area contributed by atoms with Gasteiger partial charge in [-0.2, -0.15) is 9.97 Å². The fourth-order valence-corrected chi connectivity index (χ4v) is 7.96. The number of nitrogens with one attached hydrogen (secondary N) is 1. The maximum absolute atomic E-state index is 5.29. The van der Waals surface area contributed by atoms with Crippen molar-refractivity contribution in [2.75, 3.05) is 0 Å². The molecule has 3 aromatic heterocycles. The summed E-state index contributed by atoms with van der Waals surface area (Å²) >= 11 is 0. The largest absolute Gasteiger partial charge is 0.353 e. The van der Waals surface area contributed by atoms with Gasteiger partial charge >= 0.3 is 0 Å². The highest BCUT2D eigenvalue weighted by Crippen LogP contribution is 2.47. The number of hydrogen-bond acceptors (Lipinski definition) is 3. The van der Waals surface area contributed by atoms with Crippen LogP contribution in [-0.4, -0.2) is 24.5 Å². The van der Waals surface area contributed by atoms with Crippen LogP contribution in [0.15, 0.2) is 158 Å². The van der Waals surface area contributed by atoms with E-state index in [2.05, 4.69) is 131 Å². The van der Waals surface area contributed by atoms with Crippen molar-refractivity contribution in [3.05, 3.63) is 158 Å². The van der Waals surface area contributed by atoms with Gasteiger partial charge in [0.25, 0.3) is 0 Å². The van der Waals surface area contributed by atoms with Crippen molar-refractivity contribution in [2.45, 2.75) is 0 Å². The average molecular weight is 638 g/mol. The number of H-pyrrole nitrogens is 1. The molecule has 0 spiro atoms. The molecule has 0 unspecified atom stereocenters. The van der Waals surface area contributed by atoms with Gasteiger partial charge in [0.05, 0.1) is 22.1 Å². The zero-order valence-corrected chi connectivity index (χ0v) is 26.8. The third kappa shape index (κ3) is 3.80. The molecule has 50 heavy (non-hydrogen) atoms. The fraction of sp³-hybridized carbons (Fsp3) is 0. The molecule has 11 rings (SSSR count). The van der Waals surface area contributed by atoms with E-state index in [1.165, 1.54) is 26.9 Å². The molecule has 0 fully saturated rings. The lowest BCUT2D eigenvalue weighted by Gasteiger charge is -2.13. The lowest BCUT2D eigenvalue weighted by molar-refractivity contribution is 0.957. The van der Waals surface area contributed by atoms with Crippen molar-refractivity contribution in [1.29, 1.82) is 0 Å². The Hall–Kier alpha value is -6.85. The lowest BCUT2D eigenvalue weighted by atomic mass is 9.98. The standard InChI is InChI=1S/C45H27N5/c1-3-15-29(16-4-1)43-47-44(30-17-5-2-6-18-30)49-45(48-43)50-41-32-20-10-8-14-28(32)24-26-36(41)38-37-35-25-23-27-13-7-9-19-31(27)39(35)46-40(37)33-21-11-12-22-34(33)42(38)50/h1-26,46H. The van der Waals surface area contributed by atoms with Gasteiger partial charge in [-0.3, -0.25) is 4.57 Å². The van der Waals surface area contributed by atoms with Crippen molar-refractivity contribution >= 4 is 75.9 Å². The van der Waals surface area contributed by atoms with Crippen LogP contribution in [0.2, 0.25) is 0 Å². The van der Waals surface area contributed by atoms with Gasteiger partial charge in [0.2, 0.25) is 5.95 Å². The molecular formula is C45H27N5. The van der Waals surface area contributed by atoms with Crippen LogP contribution in [0.1, 0.15) is 0 Å². The molecule has 0 aliphatic rings. The molecule has 8 aromatic carbocycles. The summed E-state index contributed by atoms with van der Waals surface area (Å²) in [5.74, 6) is 1.85. The summed E-state index contributed by atoms with van der Waals surface area (Å²) in [6, 6.07) is 55.4. The van der Waals surface area contributed by atoms with Gasteiger partial charge in [0.15, 0.2) is 11.6 Å². The Labute approximate surface area is 286 Å². The van der Waals surface area contributed by atoms with Crippen molar-refractivity contribution in [3.63, 3.8) is 0 Å². The molecule has 0 amide bonds. The normalized spacial score (nSPS) is 12.0. The summed E-state index contributed by atoms with van der Waals surface area (Å²) in [6.45, 7) is 0. The molecule has 0 aliphatic heterocycles. The Balaban J connectivity index is 1.40. The molecule has 11 aromatic rings. The smallest absolute Gasteiger partial charge is 0.238 e. The van der Waals surface area contributed by atoms with E-state index in [0.717, 1.165) is 60.1 Å². The van der Waals surface area contributed by atoms with Crippen LogP contribution >= 0.6 is 0 Å². The zero-order valence-electron chi connectivity index (χ0n) is 26.8. The summed E-state index contributed by atoms with van der Waals surface area (Å²) in [6.07, 6.45) is 0. The highest BCUT2D eigenvalue weighted by molar-refractivity contribution is 6.39. The molecular weight excluding hydrogens is 611 g/mol. The van der Waals surface area contributed by atoms with Crippen molar-refractivity contribution in [2.24, 2.45) is 0 Å². The number of nitrogens with zero attached hydrogens (tertiary/aromatic N) is 4. The molecule has 5 nitrogen and oxygen atoms in total. The van der Waals surface area contributed by atoms with E-state index in [1.54, 1.807) is 0 Å². The van der Waals surface area contributed by atoms with Crippen LogP contribution in [-0.2, 0) is 0 Å². The highest BCUT2D eigenvalue weighted by atomic mass is 15.2. The van der Waals surface area contributed by atoms with Crippen LogP contribution < -0.4 is 0 Å². The van der Waals surface area contributed by atoms with Crippen LogP contribution in [0, 0.1) is 0 Å². The first kappa shape index (κ1) is 27.1. The molecule has 0 saturated carbocycles. The molecule has 0 radical (unpaired) electrons. The van der Waals surface area contributed by atoms with Crippen molar-refractivity contribution in [3.8, 4) is 28.7 Å². The van der Waals surface area contributed by atoms with Gasteiger partial charge in [-0.25, -0.2) is 4.98 Å². The molecule has 0 atom stereocenters. The number of hydrogen-bond donors (Lipinski definition) is 1. The Morgan fingerprint density at radius 3 is 1.58 bits per heavy atom. The van der Waals surface area contributed by atoms with E-state index in [9.17, 15) is 0 Å². The first-order valence-corrected chi connectivity index (χ1v) is 16.9. The second-order valence-electron chi connectivity index (χ2n) is 12.9. The first-order chi connectivity index (χ1) is 24.8. The maximum atomic E-state index is 5.29. The summed E-state index contributed by atoms with van der Waals surface area (Å²) in [4.78, 5) is 19.5. The minimum atomic E-state index is 0.587. The minimum Gasteiger partial charge on any atom is -0.353 e. The molecule has 0 saturated heterocycles. The maximum Gasteiger partial charge on any atom is 0.238 e. The van der Waals surface area contributed by atoms with Crippen LogP contribution in [0.5, 0.6) is 0 Å². The third-order valence-electron chi connectivity index (χ3n) is 10.1. The highest BCUT2D eigenvalue weighted by Gasteiger charge is 2.25. The Kier molecular flexibility index (Phi) is 5.60. The van der Waals surface area contributed by atoms with Crippen molar-refractivity contribution < 1.29 is 0 Å². The molecule has 232 valence electrons. The van der Waals surface area contributed by atoms with Crippen molar-refractivity contribution in [1.82, 2.24) is 24.5 Å². The summed E-state index contributed by atoms with van der Waals surface area (Å²) in [5, 5.41) is 11.8. The first-order valence-electron chi connectivity index (χ1n) is 16.9. The third-order valence-corrected chi connectivity index (χ3v) is 10.1. The number of benzene rings is 8. The SMILES string of the molecule is c1ccc(-c2nc(-c3ccccc3)nc(-n3c4c5ccccc5ccc4c4c5c6ccc7ccccc7c6[nH]c5c5ccccc5c43)n2)cc1. The fourth-order valence-electron chi connectivity index (χ4n) is 7.96. The summed E-state index contributed by atoms with van der Waals surface area (Å²) in [7, 11) is 0. The van der Waals surface area contributed by atoms with E-state index in [4.69, 9.17) is 15.0 Å². The van der Waals surface area contributed by atoms with E-state index in [1.807, 2.05) is 36.4 Å². The predicted octanol–water partition coefficient (Wildman–Crippen LogP) is 11.4. The number of rotatable bonds is 3. The molecule has 0 aliphatic carbocycles. The lowest BCUT2D eigenvalue weighted by Crippen LogP contribution is -2.07. The van der Waals surface area contributed by atoms with E-state index in [0.29, 0.717) is 17.6 Å². The number of fused-ring (bicyclic) bond motifs is 14. The topological polar surface area (TPSA) is 59.4 Å². The van der Waals surface area contributed by atoms with Gasteiger partial charge in [-0.1, -0.05) is 158 Å². The summed E-state index contributed by atoms with van der Waals surface area (Å²) in [5.41, 5.74) is 6.32. The van der Waals surface area contributed by atoms with E-state index >= 15 is 0 Å².